The number of carbonyl (C=O) groups excluding carboxylic acids is 1. The maximum absolute atomic E-state index is 12.6. The standard InChI is InChI=1S/C17H18N2OS/c1-21-15-4-2-3-14(11-15)19-16(20)17(9-10-17)12-5-7-13(18)8-6-12/h2-8,11H,9-10,18H2,1H3,(H,19,20). The molecule has 21 heavy (non-hydrogen) atoms. The molecule has 0 radical (unpaired) electrons. The lowest BCUT2D eigenvalue weighted by molar-refractivity contribution is -0.118. The second-order valence-corrected chi connectivity index (χ2v) is 6.27. The summed E-state index contributed by atoms with van der Waals surface area (Å²) < 4.78 is 0. The molecule has 0 saturated heterocycles. The third kappa shape index (κ3) is 2.76. The minimum atomic E-state index is -0.372. The smallest absolute Gasteiger partial charge is 0.235 e. The fourth-order valence-electron chi connectivity index (χ4n) is 2.53. The Morgan fingerprint density at radius 1 is 1.19 bits per heavy atom. The van der Waals surface area contributed by atoms with Crippen LogP contribution in [-0.2, 0) is 10.2 Å². The number of nitrogens with one attached hydrogen (secondary N) is 1. The number of benzene rings is 2. The summed E-state index contributed by atoms with van der Waals surface area (Å²) in [6.07, 6.45) is 3.81. The molecule has 3 nitrogen and oxygen atoms in total. The monoisotopic (exact) mass is 298 g/mol. The van der Waals surface area contributed by atoms with E-state index in [1.165, 1.54) is 0 Å². The SMILES string of the molecule is CSc1cccc(NC(=O)C2(c3ccc(N)cc3)CC2)c1. The lowest BCUT2D eigenvalue weighted by Crippen LogP contribution is -2.27. The number of hydrogen-bond acceptors (Lipinski definition) is 3. The molecule has 1 saturated carbocycles. The third-order valence-electron chi connectivity index (χ3n) is 3.98. The van der Waals surface area contributed by atoms with Gasteiger partial charge in [0.25, 0.3) is 0 Å². The van der Waals surface area contributed by atoms with Crippen molar-refractivity contribution >= 4 is 29.0 Å². The van der Waals surface area contributed by atoms with Gasteiger partial charge < -0.3 is 11.1 Å². The third-order valence-corrected chi connectivity index (χ3v) is 4.70. The molecule has 0 atom stereocenters. The molecule has 1 aliphatic carbocycles. The van der Waals surface area contributed by atoms with Gasteiger partial charge in [-0.25, -0.2) is 0 Å². The van der Waals surface area contributed by atoms with Gasteiger partial charge in [-0.1, -0.05) is 18.2 Å². The van der Waals surface area contributed by atoms with Crippen molar-refractivity contribution in [1.29, 1.82) is 0 Å². The van der Waals surface area contributed by atoms with Gasteiger partial charge in [0, 0.05) is 16.3 Å². The van der Waals surface area contributed by atoms with E-state index >= 15 is 0 Å². The first-order valence-corrected chi connectivity index (χ1v) is 8.18. The lowest BCUT2D eigenvalue weighted by atomic mass is 9.94. The number of carbonyl (C=O) groups is 1. The highest BCUT2D eigenvalue weighted by Gasteiger charge is 2.51. The van der Waals surface area contributed by atoms with Crippen LogP contribution in [0.4, 0.5) is 11.4 Å². The van der Waals surface area contributed by atoms with Gasteiger partial charge >= 0.3 is 0 Å². The van der Waals surface area contributed by atoms with Crippen molar-refractivity contribution in [3.05, 3.63) is 54.1 Å². The maximum atomic E-state index is 12.6. The Kier molecular flexibility index (Phi) is 3.64. The summed E-state index contributed by atoms with van der Waals surface area (Å²) in [4.78, 5) is 13.8. The minimum Gasteiger partial charge on any atom is -0.399 e. The molecule has 108 valence electrons. The average Bonchev–Trinajstić information content (AvgIpc) is 3.30. The summed E-state index contributed by atoms with van der Waals surface area (Å²) >= 11 is 1.67. The molecule has 1 amide bonds. The van der Waals surface area contributed by atoms with E-state index in [0.717, 1.165) is 34.7 Å². The van der Waals surface area contributed by atoms with E-state index in [1.54, 1.807) is 11.8 Å². The highest BCUT2D eigenvalue weighted by Crippen LogP contribution is 2.49. The summed E-state index contributed by atoms with van der Waals surface area (Å²) in [5.74, 6) is 0.0746. The first kappa shape index (κ1) is 14.0. The molecule has 1 aliphatic rings. The largest absolute Gasteiger partial charge is 0.399 e. The molecule has 0 unspecified atom stereocenters. The summed E-state index contributed by atoms with van der Waals surface area (Å²) in [5.41, 5.74) is 7.98. The summed E-state index contributed by atoms with van der Waals surface area (Å²) in [7, 11) is 0. The molecule has 0 aromatic heterocycles. The fourth-order valence-corrected chi connectivity index (χ4v) is 2.99. The average molecular weight is 298 g/mol. The van der Waals surface area contributed by atoms with E-state index in [2.05, 4.69) is 5.32 Å². The van der Waals surface area contributed by atoms with E-state index in [9.17, 15) is 4.79 Å². The Morgan fingerprint density at radius 3 is 2.52 bits per heavy atom. The Labute approximate surface area is 128 Å². The molecule has 4 heteroatoms. The summed E-state index contributed by atoms with van der Waals surface area (Å²) in [6.45, 7) is 0. The second-order valence-electron chi connectivity index (χ2n) is 5.39. The Balaban J connectivity index is 1.80. The van der Waals surface area contributed by atoms with E-state index in [1.807, 2.05) is 54.8 Å². The molecule has 0 aliphatic heterocycles. The van der Waals surface area contributed by atoms with E-state index < -0.39 is 0 Å². The predicted octanol–water partition coefficient (Wildman–Crippen LogP) is 3.66. The molecule has 1 fully saturated rings. The molecule has 0 spiro atoms. The van der Waals surface area contributed by atoms with Crippen molar-refractivity contribution in [3.63, 3.8) is 0 Å². The first-order valence-electron chi connectivity index (χ1n) is 6.96. The van der Waals surface area contributed by atoms with E-state index in [-0.39, 0.29) is 11.3 Å². The Morgan fingerprint density at radius 2 is 1.90 bits per heavy atom. The van der Waals surface area contributed by atoms with Crippen LogP contribution in [0, 0.1) is 0 Å². The van der Waals surface area contributed by atoms with Crippen LogP contribution < -0.4 is 11.1 Å². The van der Waals surface area contributed by atoms with Crippen molar-refractivity contribution < 1.29 is 4.79 Å². The van der Waals surface area contributed by atoms with Crippen molar-refractivity contribution in [2.45, 2.75) is 23.2 Å². The highest BCUT2D eigenvalue weighted by atomic mass is 32.2. The van der Waals surface area contributed by atoms with Gasteiger partial charge in [0.1, 0.15) is 0 Å². The zero-order chi connectivity index (χ0) is 14.9. The van der Waals surface area contributed by atoms with Crippen LogP contribution in [0.15, 0.2) is 53.4 Å². The number of nitrogens with two attached hydrogens (primary N) is 1. The van der Waals surface area contributed by atoms with Crippen LogP contribution in [0.3, 0.4) is 0 Å². The van der Waals surface area contributed by atoms with Crippen molar-refractivity contribution in [3.8, 4) is 0 Å². The van der Waals surface area contributed by atoms with Crippen LogP contribution in [0.1, 0.15) is 18.4 Å². The zero-order valence-corrected chi connectivity index (χ0v) is 12.7. The minimum absolute atomic E-state index is 0.0746. The first-order chi connectivity index (χ1) is 10.1. The topological polar surface area (TPSA) is 55.1 Å². The fraction of sp³-hybridized carbons (Fsp3) is 0.235. The lowest BCUT2D eigenvalue weighted by Gasteiger charge is -2.16. The van der Waals surface area contributed by atoms with Crippen LogP contribution in [0.5, 0.6) is 0 Å². The van der Waals surface area contributed by atoms with Crippen LogP contribution >= 0.6 is 11.8 Å². The van der Waals surface area contributed by atoms with Crippen molar-refractivity contribution in [2.24, 2.45) is 0 Å². The maximum Gasteiger partial charge on any atom is 0.235 e. The van der Waals surface area contributed by atoms with Gasteiger partial charge in [-0.15, -0.1) is 11.8 Å². The molecular weight excluding hydrogens is 280 g/mol. The molecular formula is C17H18N2OS. The Hall–Kier alpha value is -1.94. The van der Waals surface area contributed by atoms with Gasteiger partial charge in [-0.3, -0.25) is 4.79 Å². The van der Waals surface area contributed by atoms with E-state index in [4.69, 9.17) is 5.73 Å². The number of rotatable bonds is 4. The normalized spacial score (nSPS) is 15.5. The van der Waals surface area contributed by atoms with Crippen LogP contribution in [0.25, 0.3) is 0 Å². The van der Waals surface area contributed by atoms with Gasteiger partial charge in [0.15, 0.2) is 0 Å². The Bertz CT molecular complexity index is 663. The molecule has 3 N–H and O–H groups in total. The number of anilines is 2. The van der Waals surface area contributed by atoms with E-state index in [0.29, 0.717) is 0 Å². The zero-order valence-electron chi connectivity index (χ0n) is 11.9. The second kappa shape index (κ2) is 5.45. The van der Waals surface area contributed by atoms with Crippen LogP contribution in [-0.4, -0.2) is 12.2 Å². The predicted molar refractivity (Wildman–Crippen MR) is 88.6 cm³/mol. The molecule has 2 aromatic carbocycles. The number of amides is 1. The van der Waals surface area contributed by atoms with Gasteiger partial charge in [0.2, 0.25) is 5.91 Å². The van der Waals surface area contributed by atoms with Gasteiger partial charge in [-0.05, 0) is 55.0 Å². The van der Waals surface area contributed by atoms with Gasteiger partial charge in [0.05, 0.1) is 5.41 Å². The number of thioether (sulfide) groups is 1. The molecule has 2 aromatic rings. The summed E-state index contributed by atoms with van der Waals surface area (Å²) in [5, 5.41) is 3.05. The molecule has 0 bridgehead atoms. The quantitative estimate of drug-likeness (QED) is 0.669. The van der Waals surface area contributed by atoms with Crippen molar-refractivity contribution in [1.82, 2.24) is 0 Å². The number of nitrogen functional groups attached to an aromatic ring is 1. The summed E-state index contributed by atoms with van der Waals surface area (Å²) in [6, 6.07) is 15.6. The van der Waals surface area contributed by atoms with Crippen LogP contribution in [0.2, 0.25) is 0 Å². The number of hydrogen-bond donors (Lipinski definition) is 2. The van der Waals surface area contributed by atoms with Crippen molar-refractivity contribution in [2.75, 3.05) is 17.3 Å². The highest BCUT2D eigenvalue weighted by molar-refractivity contribution is 7.98. The molecule has 0 heterocycles. The van der Waals surface area contributed by atoms with Gasteiger partial charge in [-0.2, -0.15) is 0 Å². The molecule has 3 rings (SSSR count).